The summed E-state index contributed by atoms with van der Waals surface area (Å²) in [6.45, 7) is 0. The van der Waals surface area contributed by atoms with Gasteiger partial charge in [0.1, 0.15) is 5.75 Å². The third kappa shape index (κ3) is 5.36. The topological polar surface area (TPSA) is 139 Å². The number of methoxy groups -OCH3 is 1. The first-order valence-electron chi connectivity index (χ1n) is 8.27. The van der Waals surface area contributed by atoms with Crippen LogP contribution in [0.3, 0.4) is 0 Å². The lowest BCUT2D eigenvalue weighted by Gasteiger charge is -2.08. The first-order valence-corrected chi connectivity index (χ1v) is 10.1. The van der Waals surface area contributed by atoms with Crippen LogP contribution in [0.4, 0.5) is 17.2 Å². The van der Waals surface area contributed by atoms with Crippen molar-refractivity contribution in [1.82, 2.24) is 9.97 Å². The number of nitrogen functional groups attached to an aromatic ring is 1. The molecule has 2 aromatic heterocycles. The quantitative estimate of drug-likeness (QED) is 0.333. The zero-order chi connectivity index (χ0) is 20.8. The van der Waals surface area contributed by atoms with Gasteiger partial charge in [0.05, 0.1) is 17.7 Å². The van der Waals surface area contributed by atoms with Gasteiger partial charge in [-0.1, -0.05) is 23.9 Å². The lowest BCUT2D eigenvalue weighted by Crippen LogP contribution is -2.23. The Morgan fingerprint density at radius 2 is 2.10 bits per heavy atom. The first kappa shape index (κ1) is 20.4. The summed E-state index contributed by atoms with van der Waals surface area (Å²) in [6, 6.07) is 10.3. The van der Waals surface area contributed by atoms with Gasteiger partial charge in [0, 0.05) is 11.8 Å². The number of hydrogen-bond acceptors (Lipinski definition) is 8. The zero-order valence-electron chi connectivity index (χ0n) is 15.2. The number of ether oxygens (including phenoxy) is 1. The maximum Gasteiger partial charge on any atom is 0.277 e. The van der Waals surface area contributed by atoms with E-state index in [1.54, 1.807) is 41.8 Å². The summed E-state index contributed by atoms with van der Waals surface area (Å²) in [5, 5.41) is 7.09. The maximum atomic E-state index is 12.3. The van der Waals surface area contributed by atoms with Crippen LogP contribution >= 0.6 is 23.1 Å². The van der Waals surface area contributed by atoms with E-state index in [9.17, 15) is 14.4 Å². The third-order valence-electron chi connectivity index (χ3n) is 3.60. The summed E-state index contributed by atoms with van der Waals surface area (Å²) < 4.78 is 5.10. The van der Waals surface area contributed by atoms with Gasteiger partial charge < -0.3 is 21.1 Å². The Bertz CT molecular complexity index is 1080. The van der Waals surface area contributed by atoms with E-state index in [1.807, 2.05) is 0 Å². The minimum absolute atomic E-state index is 0.000487. The SMILES string of the molecule is COc1cccc(NC(=O)CSc2nc(N)c(NC(=O)c3cccs3)c(=O)[nH]2)c1. The van der Waals surface area contributed by atoms with Crippen LogP contribution in [0.2, 0.25) is 0 Å². The highest BCUT2D eigenvalue weighted by molar-refractivity contribution is 7.99. The molecule has 1 aromatic carbocycles. The molecule has 0 saturated carbocycles. The third-order valence-corrected chi connectivity index (χ3v) is 5.34. The van der Waals surface area contributed by atoms with E-state index in [0.29, 0.717) is 16.3 Å². The largest absolute Gasteiger partial charge is 0.497 e. The van der Waals surface area contributed by atoms with Gasteiger partial charge in [-0.05, 0) is 23.6 Å². The maximum absolute atomic E-state index is 12.3. The zero-order valence-corrected chi connectivity index (χ0v) is 16.9. The number of amides is 2. The molecule has 0 unspecified atom stereocenters. The van der Waals surface area contributed by atoms with Crippen LogP contribution in [0.1, 0.15) is 9.67 Å². The molecular weight excluding hydrogens is 414 g/mol. The molecule has 0 bridgehead atoms. The monoisotopic (exact) mass is 431 g/mol. The van der Waals surface area contributed by atoms with Crippen molar-refractivity contribution in [3.63, 3.8) is 0 Å². The molecule has 0 fully saturated rings. The Balaban J connectivity index is 1.62. The normalized spacial score (nSPS) is 10.4. The highest BCUT2D eigenvalue weighted by Crippen LogP contribution is 2.20. The number of aromatic nitrogens is 2. The first-order chi connectivity index (χ1) is 14.0. The lowest BCUT2D eigenvalue weighted by atomic mass is 10.3. The molecule has 0 radical (unpaired) electrons. The van der Waals surface area contributed by atoms with E-state index in [1.165, 1.54) is 18.4 Å². The number of anilines is 3. The van der Waals surface area contributed by atoms with Crippen LogP contribution in [0.15, 0.2) is 51.7 Å². The number of H-pyrrole nitrogens is 1. The van der Waals surface area contributed by atoms with Crippen molar-refractivity contribution in [1.29, 1.82) is 0 Å². The second-order valence-electron chi connectivity index (χ2n) is 5.63. The fourth-order valence-electron chi connectivity index (χ4n) is 2.27. The molecule has 0 spiro atoms. The summed E-state index contributed by atoms with van der Waals surface area (Å²) in [4.78, 5) is 43.5. The lowest BCUT2D eigenvalue weighted by molar-refractivity contribution is -0.113. The van der Waals surface area contributed by atoms with E-state index in [-0.39, 0.29) is 28.3 Å². The average molecular weight is 431 g/mol. The summed E-state index contributed by atoms with van der Waals surface area (Å²) >= 11 is 2.25. The Labute approximate surface area is 173 Å². The van der Waals surface area contributed by atoms with Gasteiger partial charge >= 0.3 is 0 Å². The van der Waals surface area contributed by atoms with E-state index >= 15 is 0 Å². The second kappa shape index (κ2) is 9.26. The van der Waals surface area contributed by atoms with Gasteiger partial charge in [-0.3, -0.25) is 19.4 Å². The molecule has 0 aliphatic carbocycles. The van der Waals surface area contributed by atoms with Crippen molar-refractivity contribution in [2.75, 3.05) is 29.2 Å². The molecule has 3 aromatic rings. The molecule has 9 nitrogen and oxygen atoms in total. The standard InChI is InChI=1S/C18H17N5O4S2/c1-27-11-5-2-4-10(8-11)20-13(24)9-29-18-22-15(19)14(17(26)23-18)21-16(25)12-6-3-7-28-12/h2-8H,9H2,1H3,(H,20,24)(H,21,25)(H3,19,22,23,26). The highest BCUT2D eigenvalue weighted by Gasteiger charge is 2.15. The van der Waals surface area contributed by atoms with Crippen LogP contribution < -0.4 is 26.7 Å². The van der Waals surface area contributed by atoms with Crippen molar-refractivity contribution < 1.29 is 14.3 Å². The molecule has 0 saturated heterocycles. The Kier molecular flexibility index (Phi) is 6.52. The molecule has 0 atom stereocenters. The number of aromatic amines is 1. The molecule has 0 aliphatic heterocycles. The van der Waals surface area contributed by atoms with Crippen molar-refractivity contribution in [3.8, 4) is 5.75 Å². The van der Waals surface area contributed by atoms with Crippen LogP contribution in [0.25, 0.3) is 0 Å². The van der Waals surface area contributed by atoms with Crippen molar-refractivity contribution >= 4 is 52.1 Å². The number of carbonyl (C=O) groups excluding carboxylic acids is 2. The molecule has 2 amide bonds. The van der Waals surface area contributed by atoms with Gasteiger partial charge in [0.15, 0.2) is 16.7 Å². The van der Waals surface area contributed by atoms with Crippen LogP contribution in [-0.4, -0.2) is 34.6 Å². The number of thiophene rings is 1. The van der Waals surface area contributed by atoms with Crippen molar-refractivity contribution in [3.05, 3.63) is 57.0 Å². The molecule has 11 heteroatoms. The summed E-state index contributed by atoms with van der Waals surface area (Å²) in [7, 11) is 1.54. The van der Waals surface area contributed by atoms with E-state index in [4.69, 9.17) is 10.5 Å². The fraction of sp³-hybridized carbons (Fsp3) is 0.111. The summed E-state index contributed by atoms with van der Waals surface area (Å²) in [6.07, 6.45) is 0. The molecule has 3 rings (SSSR count). The Hall–Kier alpha value is -3.31. The highest BCUT2D eigenvalue weighted by atomic mass is 32.2. The number of nitrogens with two attached hydrogens (primary N) is 1. The number of benzene rings is 1. The van der Waals surface area contributed by atoms with Gasteiger partial charge in [-0.2, -0.15) is 0 Å². The predicted molar refractivity (Wildman–Crippen MR) is 114 cm³/mol. The number of rotatable bonds is 7. The molecular formula is C18H17N5O4S2. The van der Waals surface area contributed by atoms with E-state index in [2.05, 4.69) is 20.6 Å². The van der Waals surface area contributed by atoms with Crippen LogP contribution in [0.5, 0.6) is 5.75 Å². The molecule has 2 heterocycles. The fourth-order valence-corrected chi connectivity index (χ4v) is 3.56. The molecule has 29 heavy (non-hydrogen) atoms. The second-order valence-corrected chi connectivity index (χ2v) is 7.54. The number of hydrogen-bond donors (Lipinski definition) is 4. The van der Waals surface area contributed by atoms with E-state index < -0.39 is 11.5 Å². The Morgan fingerprint density at radius 3 is 2.79 bits per heavy atom. The van der Waals surface area contributed by atoms with Gasteiger partial charge in [0.2, 0.25) is 5.91 Å². The van der Waals surface area contributed by atoms with Gasteiger partial charge in [-0.15, -0.1) is 11.3 Å². The van der Waals surface area contributed by atoms with Crippen molar-refractivity contribution in [2.24, 2.45) is 0 Å². The summed E-state index contributed by atoms with van der Waals surface area (Å²) in [5.74, 6) is -0.249. The molecule has 150 valence electrons. The number of thioether (sulfide) groups is 1. The smallest absolute Gasteiger partial charge is 0.277 e. The number of nitrogens with one attached hydrogen (secondary N) is 3. The number of nitrogens with zero attached hydrogens (tertiary/aromatic N) is 1. The van der Waals surface area contributed by atoms with Gasteiger partial charge in [-0.25, -0.2) is 4.98 Å². The summed E-state index contributed by atoms with van der Waals surface area (Å²) in [5.41, 5.74) is 5.67. The predicted octanol–water partition coefficient (Wildman–Crippen LogP) is 2.41. The average Bonchev–Trinajstić information content (AvgIpc) is 3.24. The van der Waals surface area contributed by atoms with E-state index in [0.717, 1.165) is 11.8 Å². The minimum Gasteiger partial charge on any atom is -0.497 e. The Morgan fingerprint density at radius 1 is 1.28 bits per heavy atom. The minimum atomic E-state index is -0.599. The van der Waals surface area contributed by atoms with Crippen LogP contribution in [-0.2, 0) is 4.79 Å². The molecule has 5 N–H and O–H groups in total. The van der Waals surface area contributed by atoms with Crippen LogP contribution in [0, 0.1) is 0 Å². The number of carbonyl (C=O) groups is 2. The molecule has 0 aliphatic rings. The van der Waals surface area contributed by atoms with Gasteiger partial charge in [0.25, 0.3) is 11.5 Å². The van der Waals surface area contributed by atoms with Crippen molar-refractivity contribution in [2.45, 2.75) is 5.16 Å².